The van der Waals surface area contributed by atoms with Gasteiger partial charge in [0.15, 0.2) is 5.82 Å². The van der Waals surface area contributed by atoms with Gasteiger partial charge in [0.2, 0.25) is 5.95 Å². The van der Waals surface area contributed by atoms with Crippen LogP contribution in [0.3, 0.4) is 0 Å². The number of β-amino-alcohol motifs (C(OH)–C–C–N with tert-alkyl or cyclic N) is 1. The Kier molecular flexibility index (Phi) is 7.83. The maximum absolute atomic E-state index is 10.1. The Morgan fingerprint density at radius 3 is 2.47 bits per heavy atom. The molecule has 11 nitrogen and oxygen atoms in total. The van der Waals surface area contributed by atoms with Gasteiger partial charge in [0.25, 0.3) is 0 Å². The third-order valence-electron chi connectivity index (χ3n) is 6.66. The molecule has 3 aromatic heterocycles. The third-order valence-corrected chi connectivity index (χ3v) is 6.66. The number of aliphatic hydroxyl groups excluding tert-OH is 2. The van der Waals surface area contributed by atoms with E-state index in [1.54, 1.807) is 13.1 Å². The van der Waals surface area contributed by atoms with Crippen LogP contribution in [0.5, 0.6) is 0 Å². The number of nitrogens with one attached hydrogen (secondary N) is 1. The Balaban J connectivity index is 1.29. The first kappa shape index (κ1) is 24.7. The Morgan fingerprint density at radius 2 is 1.78 bits per heavy atom. The summed E-state index contributed by atoms with van der Waals surface area (Å²) in [4.78, 5) is 25.4. The monoisotopic (exact) mass is 494 g/mol. The molecule has 2 aliphatic rings. The molecule has 0 aromatic carbocycles. The molecular weight excluding hydrogens is 460 g/mol. The molecule has 0 amide bonds. The number of anilines is 3. The zero-order chi connectivity index (χ0) is 24.9. The van der Waals surface area contributed by atoms with Gasteiger partial charge in [-0.15, -0.1) is 0 Å². The summed E-state index contributed by atoms with van der Waals surface area (Å²) < 4.78 is 5.50. The highest BCUT2D eigenvalue weighted by Gasteiger charge is 2.20. The highest BCUT2D eigenvalue weighted by atomic mass is 16.5. The van der Waals surface area contributed by atoms with E-state index in [0.29, 0.717) is 30.7 Å². The number of hydrogen-bond acceptors (Lipinski definition) is 11. The van der Waals surface area contributed by atoms with Crippen molar-refractivity contribution in [3.05, 3.63) is 41.9 Å². The average Bonchev–Trinajstić information content (AvgIpc) is 2.91. The van der Waals surface area contributed by atoms with Crippen LogP contribution in [-0.4, -0.2) is 106 Å². The number of ether oxygens (including phenoxy) is 1. The highest BCUT2D eigenvalue weighted by molar-refractivity contribution is 5.89. The molecule has 5 rings (SSSR count). The molecule has 2 saturated heterocycles. The molecule has 5 heterocycles. The molecular formula is C25H34N8O3. The van der Waals surface area contributed by atoms with Gasteiger partial charge >= 0.3 is 0 Å². The number of morpholine rings is 1. The molecule has 11 heteroatoms. The first-order chi connectivity index (χ1) is 17.6. The normalized spacial score (nSPS) is 18.5. The summed E-state index contributed by atoms with van der Waals surface area (Å²) in [5.41, 5.74) is 2.48. The minimum absolute atomic E-state index is 0.216. The van der Waals surface area contributed by atoms with E-state index >= 15 is 0 Å². The van der Waals surface area contributed by atoms with Gasteiger partial charge in [0.1, 0.15) is 11.3 Å². The zero-order valence-electron chi connectivity index (χ0n) is 20.7. The van der Waals surface area contributed by atoms with Crippen molar-refractivity contribution in [2.45, 2.75) is 19.6 Å². The Hall–Kier alpha value is -2.96. The number of aliphatic hydroxyl groups is 2. The lowest BCUT2D eigenvalue weighted by atomic mass is 10.2. The van der Waals surface area contributed by atoms with Crippen LogP contribution in [0.25, 0.3) is 10.9 Å². The van der Waals surface area contributed by atoms with E-state index in [1.807, 2.05) is 18.3 Å². The molecule has 3 aromatic rings. The summed E-state index contributed by atoms with van der Waals surface area (Å²) in [6.07, 6.45) is 2.96. The van der Waals surface area contributed by atoms with Gasteiger partial charge < -0.3 is 25.2 Å². The predicted octanol–water partition coefficient (Wildman–Crippen LogP) is 1.16. The quantitative estimate of drug-likeness (QED) is 0.418. The number of piperazine rings is 1. The van der Waals surface area contributed by atoms with E-state index in [4.69, 9.17) is 19.8 Å². The van der Waals surface area contributed by atoms with Crippen molar-refractivity contribution in [2.75, 3.05) is 75.9 Å². The van der Waals surface area contributed by atoms with E-state index in [1.165, 1.54) is 0 Å². The van der Waals surface area contributed by atoms with Gasteiger partial charge in [-0.1, -0.05) is 6.07 Å². The fraction of sp³-hybridized carbons (Fsp3) is 0.520. The van der Waals surface area contributed by atoms with E-state index in [-0.39, 0.29) is 6.61 Å². The van der Waals surface area contributed by atoms with Gasteiger partial charge in [0, 0.05) is 70.1 Å². The smallest absolute Gasteiger partial charge is 0.229 e. The van der Waals surface area contributed by atoms with Crippen molar-refractivity contribution < 1.29 is 14.9 Å². The minimum atomic E-state index is -0.681. The van der Waals surface area contributed by atoms with E-state index in [9.17, 15) is 5.11 Å². The lowest BCUT2D eigenvalue weighted by Crippen LogP contribution is -2.46. The fourth-order valence-electron chi connectivity index (χ4n) is 4.59. The molecule has 1 atom stereocenters. The van der Waals surface area contributed by atoms with Gasteiger partial charge in [-0.05, 0) is 24.6 Å². The van der Waals surface area contributed by atoms with Crippen molar-refractivity contribution in [3.8, 4) is 0 Å². The lowest BCUT2D eigenvalue weighted by molar-refractivity contribution is 0.108. The van der Waals surface area contributed by atoms with E-state index < -0.39 is 6.10 Å². The molecule has 0 saturated carbocycles. The molecule has 3 N–H and O–H groups in total. The Morgan fingerprint density at radius 1 is 1.00 bits per heavy atom. The van der Waals surface area contributed by atoms with Crippen molar-refractivity contribution in [1.29, 1.82) is 0 Å². The Bertz CT molecular complexity index is 1150. The van der Waals surface area contributed by atoms with Crippen LogP contribution in [0.15, 0.2) is 30.6 Å². The van der Waals surface area contributed by atoms with Crippen molar-refractivity contribution in [1.82, 2.24) is 29.7 Å². The molecule has 0 bridgehead atoms. The van der Waals surface area contributed by atoms with Crippen molar-refractivity contribution in [2.24, 2.45) is 0 Å². The van der Waals surface area contributed by atoms with Gasteiger partial charge in [-0.2, -0.15) is 0 Å². The second kappa shape index (κ2) is 11.4. The number of rotatable bonds is 8. The van der Waals surface area contributed by atoms with Crippen LogP contribution in [-0.2, 0) is 11.3 Å². The second-order valence-electron chi connectivity index (χ2n) is 9.30. The van der Waals surface area contributed by atoms with Gasteiger partial charge in [-0.25, -0.2) is 19.9 Å². The van der Waals surface area contributed by atoms with Crippen LogP contribution in [0.4, 0.5) is 17.6 Å². The molecule has 0 aliphatic carbocycles. The topological polar surface area (TPSA) is 123 Å². The van der Waals surface area contributed by atoms with Crippen LogP contribution < -0.4 is 10.2 Å². The maximum Gasteiger partial charge on any atom is 0.229 e. The summed E-state index contributed by atoms with van der Waals surface area (Å²) in [5, 5.41) is 23.3. The molecule has 2 aliphatic heterocycles. The van der Waals surface area contributed by atoms with Crippen LogP contribution >= 0.6 is 0 Å². The molecule has 0 unspecified atom stereocenters. The number of aromatic nitrogens is 4. The minimum Gasteiger partial charge on any atom is -0.395 e. The number of fused-ring (bicyclic) bond motifs is 1. The van der Waals surface area contributed by atoms with Crippen molar-refractivity contribution in [3.63, 3.8) is 0 Å². The van der Waals surface area contributed by atoms with Crippen LogP contribution in [0, 0.1) is 0 Å². The number of hydrogen-bond donors (Lipinski definition) is 3. The predicted molar refractivity (Wildman–Crippen MR) is 137 cm³/mol. The first-order valence-electron chi connectivity index (χ1n) is 12.5. The molecule has 0 radical (unpaired) electrons. The average molecular weight is 495 g/mol. The number of pyridine rings is 2. The number of nitrogens with zero attached hydrogens (tertiary/aromatic N) is 7. The van der Waals surface area contributed by atoms with Crippen LogP contribution in [0.1, 0.15) is 24.3 Å². The van der Waals surface area contributed by atoms with Gasteiger partial charge in [0.05, 0.1) is 31.6 Å². The molecule has 0 spiro atoms. The SMILES string of the molecule is C[C@@H](O)c1cc2cnc(Nc3ccc(CN4CCN(CCO)CC4)cn3)nc2c(N2CCOCC2)n1. The summed E-state index contributed by atoms with van der Waals surface area (Å²) in [6.45, 7) is 10.2. The molecule has 2 fully saturated rings. The summed E-state index contributed by atoms with van der Waals surface area (Å²) >= 11 is 0. The largest absolute Gasteiger partial charge is 0.395 e. The summed E-state index contributed by atoms with van der Waals surface area (Å²) in [7, 11) is 0. The van der Waals surface area contributed by atoms with Gasteiger partial charge in [-0.3, -0.25) is 9.80 Å². The summed E-state index contributed by atoms with van der Waals surface area (Å²) in [5.74, 6) is 1.86. The fourth-order valence-corrected chi connectivity index (χ4v) is 4.59. The van der Waals surface area contributed by atoms with Crippen LogP contribution in [0.2, 0.25) is 0 Å². The zero-order valence-corrected chi connectivity index (χ0v) is 20.7. The maximum atomic E-state index is 10.1. The summed E-state index contributed by atoms with van der Waals surface area (Å²) in [6, 6.07) is 5.86. The van der Waals surface area contributed by atoms with Crippen molar-refractivity contribution >= 4 is 28.5 Å². The standard InChI is InChI=1S/C25H34N8O3/c1-18(35)21-14-20-16-27-25(30-23(20)24(28-21)33-9-12-36-13-10-33)29-22-3-2-19(15-26-22)17-32-6-4-31(5-7-32)8-11-34/h2-3,14-16,18,34-35H,4-13,17H2,1H3,(H,26,27,29,30)/t18-/m1/s1. The lowest BCUT2D eigenvalue weighted by Gasteiger charge is -2.34. The second-order valence-corrected chi connectivity index (χ2v) is 9.30. The molecule has 192 valence electrons. The Labute approximate surface area is 210 Å². The van der Waals surface area contributed by atoms with E-state index in [0.717, 1.165) is 74.6 Å². The van der Waals surface area contributed by atoms with E-state index in [2.05, 4.69) is 36.1 Å². The first-order valence-corrected chi connectivity index (χ1v) is 12.5. The molecule has 36 heavy (non-hydrogen) atoms. The third kappa shape index (κ3) is 5.88. The highest BCUT2D eigenvalue weighted by Crippen LogP contribution is 2.28.